The van der Waals surface area contributed by atoms with Crippen molar-refractivity contribution in [3.63, 3.8) is 0 Å². The Hall–Kier alpha value is -3.19. The molecule has 3 heterocycles. The molecule has 28 heavy (non-hydrogen) atoms. The Labute approximate surface area is 162 Å². The van der Waals surface area contributed by atoms with Crippen LogP contribution in [0, 0.1) is 5.92 Å². The van der Waals surface area contributed by atoms with Crippen LogP contribution >= 0.6 is 0 Å². The molecule has 3 aliphatic heterocycles. The second-order valence-electron chi connectivity index (χ2n) is 7.19. The van der Waals surface area contributed by atoms with E-state index in [0.29, 0.717) is 24.4 Å². The molecular weight excluding hydrogens is 358 g/mol. The van der Waals surface area contributed by atoms with Crippen molar-refractivity contribution in [1.29, 1.82) is 0 Å². The zero-order valence-electron chi connectivity index (χ0n) is 15.3. The molecule has 3 saturated heterocycles. The van der Waals surface area contributed by atoms with Crippen LogP contribution in [0.4, 0.5) is 5.69 Å². The highest BCUT2D eigenvalue weighted by Crippen LogP contribution is 2.49. The van der Waals surface area contributed by atoms with E-state index in [1.807, 2.05) is 35.3 Å². The fourth-order valence-electron chi connectivity index (χ4n) is 4.61. The number of fused-ring (bicyclic) bond motifs is 3. The smallest absolute Gasteiger partial charge is 0.259 e. The fraction of sp³-hybridized carbons (Fsp3) is 0.286. The molecule has 2 aromatic rings. The molecule has 0 aliphatic carbocycles. The van der Waals surface area contributed by atoms with Crippen LogP contribution in [0.1, 0.15) is 18.0 Å². The van der Waals surface area contributed by atoms with Gasteiger partial charge in [0.05, 0.1) is 24.8 Å². The van der Waals surface area contributed by atoms with E-state index < -0.39 is 12.0 Å². The molecule has 0 saturated carbocycles. The van der Waals surface area contributed by atoms with Gasteiger partial charge in [-0.3, -0.25) is 19.4 Å². The van der Waals surface area contributed by atoms with Crippen molar-refractivity contribution in [3.05, 3.63) is 60.2 Å². The van der Waals surface area contributed by atoms with Crippen molar-refractivity contribution < 1.29 is 19.1 Å². The molecule has 5 rings (SSSR count). The van der Waals surface area contributed by atoms with Gasteiger partial charge in [0, 0.05) is 13.0 Å². The van der Waals surface area contributed by atoms with Crippen LogP contribution in [-0.2, 0) is 14.4 Å². The van der Waals surface area contributed by atoms with Gasteiger partial charge >= 0.3 is 0 Å². The van der Waals surface area contributed by atoms with Crippen molar-refractivity contribution >= 4 is 23.4 Å². The molecule has 3 fully saturated rings. The summed E-state index contributed by atoms with van der Waals surface area (Å²) in [6.45, 7) is 0.522. The number of methoxy groups -OCH3 is 1. The highest BCUT2D eigenvalue weighted by atomic mass is 16.5. The predicted molar refractivity (Wildman–Crippen MR) is 100 cm³/mol. The maximum Gasteiger partial charge on any atom is 0.259 e. The molecule has 2 aromatic carbocycles. The third-order valence-corrected chi connectivity index (χ3v) is 5.80. The Morgan fingerprint density at radius 2 is 1.61 bits per heavy atom. The number of ether oxygens (including phenoxy) is 1. The lowest BCUT2D eigenvalue weighted by Crippen LogP contribution is -2.45. The van der Waals surface area contributed by atoms with E-state index in [9.17, 15) is 14.4 Å². The largest absolute Gasteiger partial charge is 0.497 e. The third-order valence-electron chi connectivity index (χ3n) is 5.80. The first-order chi connectivity index (χ1) is 13.6. The van der Waals surface area contributed by atoms with Gasteiger partial charge < -0.3 is 4.74 Å². The van der Waals surface area contributed by atoms with Gasteiger partial charge in [0.1, 0.15) is 11.8 Å². The lowest BCUT2D eigenvalue weighted by atomic mass is 9.90. The van der Waals surface area contributed by atoms with Crippen LogP contribution < -0.4 is 9.64 Å². The lowest BCUT2D eigenvalue weighted by molar-refractivity contribution is -0.143. The summed E-state index contributed by atoms with van der Waals surface area (Å²) in [5.41, 5.74) is 1.43. The molecule has 3 atom stereocenters. The van der Waals surface area contributed by atoms with E-state index in [2.05, 4.69) is 0 Å². The average Bonchev–Trinajstić information content (AvgIpc) is 3.33. The van der Waals surface area contributed by atoms with Gasteiger partial charge in [-0.25, -0.2) is 9.91 Å². The minimum absolute atomic E-state index is 0.105. The quantitative estimate of drug-likeness (QED) is 0.763. The van der Waals surface area contributed by atoms with Crippen molar-refractivity contribution in [1.82, 2.24) is 10.0 Å². The molecule has 0 bridgehead atoms. The SMILES string of the molecule is COc1ccc(N2C(=O)[C@H]3[C@@H](c4ccccc4)N4CCC(=O)N4[C@H]3C2=O)cc1. The number of anilines is 1. The van der Waals surface area contributed by atoms with Crippen LogP contribution in [0.25, 0.3) is 0 Å². The molecule has 0 radical (unpaired) electrons. The summed E-state index contributed by atoms with van der Waals surface area (Å²) in [6.07, 6.45) is 0.358. The second-order valence-corrected chi connectivity index (χ2v) is 7.19. The fourth-order valence-corrected chi connectivity index (χ4v) is 4.61. The summed E-state index contributed by atoms with van der Waals surface area (Å²) in [5.74, 6) is -0.687. The van der Waals surface area contributed by atoms with Gasteiger partial charge in [-0.15, -0.1) is 0 Å². The van der Waals surface area contributed by atoms with Crippen molar-refractivity contribution in [2.24, 2.45) is 5.92 Å². The Bertz CT molecular complexity index is 959. The van der Waals surface area contributed by atoms with Crippen LogP contribution in [0.5, 0.6) is 5.75 Å². The Balaban J connectivity index is 1.58. The standard InChI is InChI=1S/C21H19N3O4/c1-28-15-9-7-14(8-10-15)23-20(26)17-18(13-5-3-2-4-6-13)22-12-11-16(25)24(22)19(17)21(23)27/h2-10,17-19H,11-12H2,1H3/t17-,18+,19+/m0/s1. The maximum atomic E-state index is 13.4. The normalized spacial score (nSPS) is 26.8. The number of amides is 3. The Morgan fingerprint density at radius 1 is 0.893 bits per heavy atom. The molecular formula is C21H19N3O4. The number of carbonyl (C=O) groups excluding carboxylic acids is 3. The monoisotopic (exact) mass is 377 g/mol. The molecule has 0 aromatic heterocycles. The molecule has 0 N–H and O–H groups in total. The van der Waals surface area contributed by atoms with Crippen molar-refractivity contribution in [2.75, 3.05) is 18.6 Å². The Morgan fingerprint density at radius 3 is 2.29 bits per heavy atom. The van der Waals surface area contributed by atoms with Crippen LogP contribution in [0.2, 0.25) is 0 Å². The molecule has 3 aliphatic rings. The molecule has 7 nitrogen and oxygen atoms in total. The maximum absolute atomic E-state index is 13.4. The lowest BCUT2D eigenvalue weighted by Gasteiger charge is -2.29. The summed E-state index contributed by atoms with van der Waals surface area (Å²) in [5, 5.41) is 3.42. The molecule has 142 valence electrons. The molecule has 0 spiro atoms. The number of hydrazine groups is 1. The van der Waals surface area contributed by atoms with Gasteiger partial charge in [-0.05, 0) is 29.8 Å². The van der Waals surface area contributed by atoms with Crippen molar-refractivity contribution in [3.8, 4) is 5.75 Å². The van der Waals surface area contributed by atoms with E-state index in [1.54, 1.807) is 31.4 Å². The number of hydrogen-bond acceptors (Lipinski definition) is 5. The zero-order valence-corrected chi connectivity index (χ0v) is 15.3. The van der Waals surface area contributed by atoms with E-state index in [-0.39, 0.29) is 23.8 Å². The average molecular weight is 377 g/mol. The minimum atomic E-state index is -0.783. The summed E-state index contributed by atoms with van der Waals surface area (Å²) in [7, 11) is 1.56. The van der Waals surface area contributed by atoms with Crippen molar-refractivity contribution in [2.45, 2.75) is 18.5 Å². The van der Waals surface area contributed by atoms with Gasteiger partial charge in [-0.2, -0.15) is 0 Å². The van der Waals surface area contributed by atoms with E-state index >= 15 is 0 Å². The van der Waals surface area contributed by atoms with E-state index in [0.717, 1.165) is 5.56 Å². The zero-order chi connectivity index (χ0) is 19.4. The number of hydrogen-bond donors (Lipinski definition) is 0. The highest BCUT2D eigenvalue weighted by Gasteiger charge is 2.64. The summed E-state index contributed by atoms with van der Waals surface area (Å²) >= 11 is 0. The number of carbonyl (C=O) groups is 3. The summed E-state index contributed by atoms with van der Waals surface area (Å²) in [6, 6.07) is 15.3. The number of nitrogens with zero attached hydrogens (tertiary/aromatic N) is 3. The molecule has 3 amide bonds. The van der Waals surface area contributed by atoms with Crippen LogP contribution in [0.15, 0.2) is 54.6 Å². The highest BCUT2D eigenvalue weighted by molar-refractivity contribution is 6.24. The van der Waals surface area contributed by atoms with Gasteiger partial charge in [0.25, 0.3) is 5.91 Å². The van der Waals surface area contributed by atoms with Gasteiger partial charge in [-0.1, -0.05) is 30.3 Å². The number of benzene rings is 2. The number of rotatable bonds is 3. The van der Waals surface area contributed by atoms with E-state index in [4.69, 9.17) is 4.74 Å². The van der Waals surface area contributed by atoms with Gasteiger partial charge in [0.15, 0.2) is 0 Å². The third kappa shape index (κ3) is 2.23. The van der Waals surface area contributed by atoms with Crippen LogP contribution in [-0.4, -0.2) is 47.4 Å². The predicted octanol–water partition coefficient (Wildman–Crippen LogP) is 1.76. The van der Waals surface area contributed by atoms with E-state index in [1.165, 1.54) is 9.91 Å². The molecule has 0 unspecified atom stereocenters. The Kier molecular flexibility index (Phi) is 3.73. The first kappa shape index (κ1) is 16.9. The van der Waals surface area contributed by atoms with Crippen LogP contribution in [0.3, 0.4) is 0 Å². The summed E-state index contributed by atoms with van der Waals surface area (Å²) < 4.78 is 5.16. The topological polar surface area (TPSA) is 70.2 Å². The summed E-state index contributed by atoms with van der Waals surface area (Å²) in [4.78, 5) is 40.4. The number of imide groups is 1. The first-order valence-corrected chi connectivity index (χ1v) is 9.27. The minimum Gasteiger partial charge on any atom is -0.497 e. The first-order valence-electron chi connectivity index (χ1n) is 9.27. The second kappa shape index (κ2) is 6.17. The molecule has 7 heteroatoms. The van der Waals surface area contributed by atoms with Gasteiger partial charge in [0.2, 0.25) is 11.8 Å².